The second kappa shape index (κ2) is 11.1. The van der Waals surface area contributed by atoms with Gasteiger partial charge in [0.25, 0.3) is 0 Å². The average Bonchev–Trinajstić information content (AvgIpc) is 2.68. The van der Waals surface area contributed by atoms with Gasteiger partial charge in [-0.2, -0.15) is 5.26 Å². The summed E-state index contributed by atoms with van der Waals surface area (Å²) in [6.07, 6.45) is 0.774. The lowest BCUT2D eigenvalue weighted by Crippen LogP contribution is -2.39. The monoisotopic (exact) mass is 414 g/mol. The van der Waals surface area contributed by atoms with Gasteiger partial charge in [-0.1, -0.05) is 30.7 Å². The van der Waals surface area contributed by atoms with Crippen LogP contribution in [-0.4, -0.2) is 43.5 Å². The first kappa shape index (κ1) is 22.2. The molecule has 0 saturated carbocycles. The number of benzene rings is 2. The largest absolute Gasteiger partial charge is 0.495 e. The molecule has 2 aromatic rings. The third-order valence-corrected chi connectivity index (χ3v) is 4.27. The van der Waals surface area contributed by atoms with Crippen LogP contribution in [0.2, 0.25) is 5.02 Å². The highest BCUT2D eigenvalue weighted by Gasteiger charge is 2.16. The van der Waals surface area contributed by atoms with Gasteiger partial charge >= 0.3 is 0 Å². The number of nitriles is 1. The molecule has 0 heterocycles. The van der Waals surface area contributed by atoms with E-state index in [9.17, 15) is 14.9 Å². The van der Waals surface area contributed by atoms with Crippen LogP contribution < -0.4 is 15.4 Å². The molecule has 2 rings (SSSR count). The van der Waals surface area contributed by atoms with Gasteiger partial charge < -0.3 is 15.4 Å². The van der Waals surface area contributed by atoms with Crippen molar-refractivity contribution in [2.75, 3.05) is 37.4 Å². The molecule has 2 aromatic carbocycles. The van der Waals surface area contributed by atoms with Crippen LogP contribution in [0.5, 0.6) is 5.75 Å². The Morgan fingerprint density at radius 1 is 1.10 bits per heavy atom. The fourth-order valence-corrected chi connectivity index (χ4v) is 2.95. The fourth-order valence-electron chi connectivity index (χ4n) is 2.78. The zero-order valence-electron chi connectivity index (χ0n) is 16.4. The summed E-state index contributed by atoms with van der Waals surface area (Å²) < 4.78 is 5.23. The third-order valence-electron chi connectivity index (χ3n) is 4.03. The van der Waals surface area contributed by atoms with Crippen molar-refractivity contribution in [3.63, 3.8) is 0 Å². The normalized spacial score (nSPS) is 10.3. The summed E-state index contributed by atoms with van der Waals surface area (Å²) in [6.45, 7) is 2.58. The molecule has 0 bridgehead atoms. The number of hydrogen-bond donors (Lipinski definition) is 2. The molecule has 2 amide bonds. The highest BCUT2D eigenvalue weighted by molar-refractivity contribution is 6.31. The average molecular weight is 415 g/mol. The van der Waals surface area contributed by atoms with Crippen molar-refractivity contribution >= 4 is 34.8 Å². The molecule has 0 aliphatic rings. The molecule has 8 heteroatoms. The molecule has 29 heavy (non-hydrogen) atoms. The number of hydrogen-bond acceptors (Lipinski definition) is 5. The fraction of sp³-hybridized carbons (Fsp3) is 0.286. The van der Waals surface area contributed by atoms with E-state index in [4.69, 9.17) is 16.3 Å². The van der Waals surface area contributed by atoms with Gasteiger partial charge in [0.1, 0.15) is 11.8 Å². The van der Waals surface area contributed by atoms with Crippen molar-refractivity contribution in [1.82, 2.24) is 4.90 Å². The van der Waals surface area contributed by atoms with Crippen LogP contribution in [0, 0.1) is 11.3 Å². The van der Waals surface area contributed by atoms with Gasteiger partial charge in [-0.25, -0.2) is 0 Å². The molecule has 0 unspecified atom stereocenters. The number of halogens is 1. The molecule has 0 aliphatic heterocycles. The molecule has 0 aliphatic carbocycles. The lowest BCUT2D eigenvalue weighted by atomic mass is 10.2. The number of nitrogens with zero attached hydrogens (tertiary/aromatic N) is 2. The second-order valence-corrected chi connectivity index (χ2v) is 6.75. The minimum Gasteiger partial charge on any atom is -0.495 e. The van der Waals surface area contributed by atoms with Gasteiger partial charge in [0.2, 0.25) is 11.8 Å². The zero-order chi connectivity index (χ0) is 21.2. The first-order valence-corrected chi connectivity index (χ1v) is 9.49. The van der Waals surface area contributed by atoms with Gasteiger partial charge in [0.05, 0.1) is 37.1 Å². The van der Waals surface area contributed by atoms with E-state index in [-0.39, 0.29) is 24.9 Å². The molecular formula is C21H23ClN4O3. The maximum atomic E-state index is 12.5. The summed E-state index contributed by atoms with van der Waals surface area (Å²) in [6, 6.07) is 13.8. The molecule has 0 spiro atoms. The van der Waals surface area contributed by atoms with Crippen LogP contribution in [0.25, 0.3) is 0 Å². The van der Waals surface area contributed by atoms with Crippen molar-refractivity contribution in [3.05, 3.63) is 53.1 Å². The SMILES string of the molecule is CCCN(CC(=O)Nc1cc(Cl)ccc1C#N)CC(=O)Nc1ccccc1OC. The van der Waals surface area contributed by atoms with Gasteiger partial charge in [-0.05, 0) is 43.3 Å². The summed E-state index contributed by atoms with van der Waals surface area (Å²) in [7, 11) is 1.53. The Labute approximate surface area is 175 Å². The van der Waals surface area contributed by atoms with Gasteiger partial charge in [-0.15, -0.1) is 0 Å². The number of carbonyl (C=O) groups excluding carboxylic acids is 2. The predicted molar refractivity (Wildman–Crippen MR) is 113 cm³/mol. The van der Waals surface area contributed by atoms with E-state index in [0.29, 0.717) is 34.3 Å². The maximum Gasteiger partial charge on any atom is 0.238 e. The second-order valence-electron chi connectivity index (χ2n) is 6.31. The Balaban J connectivity index is 2.00. The number of methoxy groups -OCH3 is 1. The molecule has 2 N–H and O–H groups in total. The molecule has 7 nitrogen and oxygen atoms in total. The van der Waals surface area contributed by atoms with E-state index in [1.54, 1.807) is 35.2 Å². The first-order chi connectivity index (χ1) is 14.0. The summed E-state index contributed by atoms with van der Waals surface area (Å²) in [5.74, 6) is -0.0239. The van der Waals surface area contributed by atoms with Crippen molar-refractivity contribution in [1.29, 1.82) is 5.26 Å². The van der Waals surface area contributed by atoms with E-state index in [1.165, 1.54) is 13.2 Å². The minimum absolute atomic E-state index is 0.00453. The number of rotatable bonds is 9. The van der Waals surface area contributed by atoms with E-state index in [0.717, 1.165) is 6.42 Å². The van der Waals surface area contributed by atoms with Crippen molar-refractivity contribution in [3.8, 4) is 11.8 Å². The Morgan fingerprint density at radius 3 is 2.38 bits per heavy atom. The summed E-state index contributed by atoms with van der Waals surface area (Å²) in [5.41, 5.74) is 1.23. The van der Waals surface area contributed by atoms with Crippen LogP contribution in [0.4, 0.5) is 11.4 Å². The number of nitrogens with one attached hydrogen (secondary N) is 2. The van der Waals surface area contributed by atoms with Gasteiger partial charge in [0, 0.05) is 5.02 Å². The molecule has 0 fully saturated rings. The van der Waals surface area contributed by atoms with Crippen molar-refractivity contribution in [2.45, 2.75) is 13.3 Å². The Hall–Kier alpha value is -3.08. The van der Waals surface area contributed by atoms with Crippen LogP contribution in [0.1, 0.15) is 18.9 Å². The van der Waals surface area contributed by atoms with E-state index in [1.807, 2.05) is 19.1 Å². The molecule has 0 radical (unpaired) electrons. The lowest BCUT2D eigenvalue weighted by Gasteiger charge is -2.21. The quantitative estimate of drug-likeness (QED) is 0.654. The van der Waals surface area contributed by atoms with Gasteiger partial charge in [0.15, 0.2) is 0 Å². The number of amides is 2. The number of para-hydroxylation sites is 2. The zero-order valence-corrected chi connectivity index (χ0v) is 17.1. The number of ether oxygens (including phenoxy) is 1. The van der Waals surface area contributed by atoms with Crippen LogP contribution in [0.15, 0.2) is 42.5 Å². The lowest BCUT2D eigenvalue weighted by molar-refractivity contribution is -0.120. The van der Waals surface area contributed by atoms with E-state index in [2.05, 4.69) is 10.6 Å². The molecule has 0 atom stereocenters. The predicted octanol–water partition coefficient (Wildman–Crippen LogP) is 3.51. The molecule has 152 valence electrons. The molecule has 0 aromatic heterocycles. The maximum absolute atomic E-state index is 12.5. The van der Waals surface area contributed by atoms with Crippen LogP contribution >= 0.6 is 11.6 Å². The standard InChI is InChI=1S/C21H23ClN4O3/c1-3-10-26(13-20(27)24-17-6-4-5-7-19(17)29-2)14-21(28)25-18-11-16(22)9-8-15(18)12-23/h4-9,11H,3,10,13-14H2,1-2H3,(H,24,27)(H,25,28). The van der Waals surface area contributed by atoms with Crippen LogP contribution in [0.3, 0.4) is 0 Å². The Bertz CT molecular complexity index is 911. The topological polar surface area (TPSA) is 94.5 Å². The highest BCUT2D eigenvalue weighted by Crippen LogP contribution is 2.23. The smallest absolute Gasteiger partial charge is 0.238 e. The Morgan fingerprint density at radius 2 is 1.76 bits per heavy atom. The Kier molecular flexibility index (Phi) is 8.46. The van der Waals surface area contributed by atoms with E-state index < -0.39 is 0 Å². The molecular weight excluding hydrogens is 392 g/mol. The molecule has 0 saturated heterocycles. The van der Waals surface area contributed by atoms with Crippen LogP contribution in [-0.2, 0) is 9.59 Å². The third kappa shape index (κ3) is 6.79. The number of anilines is 2. The summed E-state index contributed by atoms with van der Waals surface area (Å²) in [5, 5.41) is 15.1. The van der Waals surface area contributed by atoms with E-state index >= 15 is 0 Å². The first-order valence-electron chi connectivity index (χ1n) is 9.11. The summed E-state index contributed by atoms with van der Waals surface area (Å²) >= 11 is 5.95. The van der Waals surface area contributed by atoms with Crippen molar-refractivity contribution < 1.29 is 14.3 Å². The van der Waals surface area contributed by atoms with Crippen molar-refractivity contribution in [2.24, 2.45) is 0 Å². The minimum atomic E-state index is -0.331. The number of carbonyl (C=O) groups is 2. The van der Waals surface area contributed by atoms with Gasteiger partial charge in [-0.3, -0.25) is 14.5 Å². The highest BCUT2D eigenvalue weighted by atomic mass is 35.5. The summed E-state index contributed by atoms with van der Waals surface area (Å²) in [4.78, 5) is 26.6.